The van der Waals surface area contributed by atoms with Gasteiger partial charge in [-0.2, -0.15) is 15.6 Å². The van der Waals surface area contributed by atoms with Gasteiger partial charge in [0.1, 0.15) is 34.4 Å². The molecule has 148 valence electrons. The Morgan fingerprint density at radius 3 is 2.00 bits per heavy atom. The van der Waals surface area contributed by atoms with Gasteiger partial charge in [0, 0.05) is 6.20 Å². The smallest absolute Gasteiger partial charge is 0.198 e. The van der Waals surface area contributed by atoms with Crippen molar-refractivity contribution in [2.45, 2.75) is 0 Å². The van der Waals surface area contributed by atoms with Crippen molar-refractivity contribution in [3.63, 3.8) is 0 Å². The van der Waals surface area contributed by atoms with E-state index in [4.69, 9.17) is 23.8 Å². The molecule has 0 atom stereocenters. The van der Waals surface area contributed by atoms with Crippen LogP contribution in [-0.2, 0) is 0 Å². The largest absolute Gasteiger partial charge is 0.381 e. The lowest BCUT2D eigenvalue weighted by Gasteiger charge is -1.95. The van der Waals surface area contributed by atoms with Gasteiger partial charge in [-0.1, -0.05) is 11.8 Å². The maximum atomic E-state index is 9.52. The van der Waals surface area contributed by atoms with E-state index in [0.717, 1.165) is 0 Å². The number of azo groups is 3. The van der Waals surface area contributed by atoms with Crippen molar-refractivity contribution in [3.8, 4) is 36.8 Å². The molecule has 1 aromatic rings. The number of rotatable bonds is 3. The number of terminal acetylenes is 2. The minimum atomic E-state index is -0.107. The summed E-state index contributed by atoms with van der Waals surface area (Å²) < 4.78 is 0. The molecule has 0 radical (unpaired) electrons. The van der Waals surface area contributed by atoms with Gasteiger partial charge >= 0.3 is 0 Å². The fourth-order valence-electron chi connectivity index (χ4n) is 2.42. The maximum absolute atomic E-state index is 9.52. The standard InChI is InChI=1S/C18H6N14/c1-3-9-12(21)26-28-14(9)24-15-10(4-2)16(30-29-15)25-18-11(6-20)17(31-32-18)23-13-8(5-19)7-22-27-13/h1-2,7H,21H2,(H,22,27)/b23-17-,24-14-,25-16-. The summed E-state index contributed by atoms with van der Waals surface area (Å²) in [5, 5.41) is 47.7. The highest BCUT2D eigenvalue weighted by Crippen LogP contribution is 2.27. The normalized spacial score (nSPS) is 20.6. The number of nitrogens with one attached hydrogen (secondary N) is 1. The molecule has 4 rings (SSSR count). The Kier molecular flexibility index (Phi) is 4.79. The third kappa shape index (κ3) is 3.24. The van der Waals surface area contributed by atoms with Gasteiger partial charge in [0.15, 0.2) is 40.8 Å². The van der Waals surface area contributed by atoms with Crippen LogP contribution in [-0.4, -0.2) is 27.7 Å². The van der Waals surface area contributed by atoms with E-state index in [2.05, 4.69) is 67.7 Å². The van der Waals surface area contributed by atoms with Crippen LogP contribution in [0.15, 0.2) is 86.0 Å². The van der Waals surface area contributed by atoms with Crippen LogP contribution in [0.1, 0.15) is 5.56 Å². The molecule has 0 fully saturated rings. The van der Waals surface area contributed by atoms with Crippen molar-refractivity contribution < 1.29 is 0 Å². The average Bonchev–Trinajstić information content (AvgIpc) is 3.57. The second-order valence-electron chi connectivity index (χ2n) is 5.70. The molecule has 1 aromatic heterocycles. The topological polar surface area (TPSA) is 214 Å². The molecule has 0 unspecified atom stereocenters. The first kappa shape index (κ1) is 19.5. The van der Waals surface area contributed by atoms with Gasteiger partial charge in [0.25, 0.3) is 0 Å². The molecular weight excluding hydrogens is 412 g/mol. The number of nitrogens with zero attached hydrogens (tertiary/aromatic N) is 12. The van der Waals surface area contributed by atoms with E-state index < -0.39 is 0 Å². The number of nitrogens with two attached hydrogens (primary N) is 1. The lowest BCUT2D eigenvalue weighted by molar-refractivity contribution is 1.08. The summed E-state index contributed by atoms with van der Waals surface area (Å²) in [6, 6.07) is 3.81. The number of hydrogen-bond acceptors (Lipinski definition) is 10. The minimum Gasteiger partial charge on any atom is -0.381 e. The summed E-state index contributed by atoms with van der Waals surface area (Å²) in [6.45, 7) is 0. The molecular formula is C18H6N14. The van der Waals surface area contributed by atoms with Crippen LogP contribution in [0.5, 0.6) is 0 Å². The van der Waals surface area contributed by atoms with Crippen molar-refractivity contribution in [3.05, 3.63) is 45.9 Å². The molecule has 32 heavy (non-hydrogen) atoms. The molecule has 0 aliphatic carbocycles. The van der Waals surface area contributed by atoms with Crippen LogP contribution in [0.25, 0.3) is 0 Å². The van der Waals surface area contributed by atoms with Crippen LogP contribution in [0, 0.1) is 47.3 Å². The predicted molar refractivity (Wildman–Crippen MR) is 108 cm³/mol. The third-order valence-corrected chi connectivity index (χ3v) is 3.88. The van der Waals surface area contributed by atoms with Gasteiger partial charge in [0.05, 0.1) is 0 Å². The van der Waals surface area contributed by atoms with Crippen LogP contribution < -0.4 is 5.73 Å². The minimum absolute atomic E-state index is 0.000712. The van der Waals surface area contributed by atoms with Crippen molar-refractivity contribution in [2.75, 3.05) is 0 Å². The number of aromatic amines is 1. The Morgan fingerprint density at radius 1 is 0.781 bits per heavy atom. The number of aromatic nitrogens is 2. The molecule has 0 amide bonds. The Morgan fingerprint density at radius 2 is 1.38 bits per heavy atom. The summed E-state index contributed by atoms with van der Waals surface area (Å²) in [6.07, 6.45) is 12.3. The van der Waals surface area contributed by atoms with Crippen LogP contribution in [0.3, 0.4) is 0 Å². The fourth-order valence-corrected chi connectivity index (χ4v) is 2.42. The molecule has 0 bridgehead atoms. The van der Waals surface area contributed by atoms with Crippen molar-refractivity contribution >= 4 is 23.3 Å². The van der Waals surface area contributed by atoms with E-state index in [1.54, 1.807) is 0 Å². The highest BCUT2D eigenvalue weighted by Gasteiger charge is 2.25. The van der Waals surface area contributed by atoms with Crippen LogP contribution in [0.2, 0.25) is 0 Å². The first-order chi connectivity index (χ1) is 15.6. The highest BCUT2D eigenvalue weighted by molar-refractivity contribution is 6.09. The quantitative estimate of drug-likeness (QED) is 0.703. The Hall–Kier alpha value is -5.86. The number of nitriles is 2. The molecule has 0 spiro atoms. The first-order valence-electron chi connectivity index (χ1n) is 8.37. The predicted octanol–water partition coefficient (Wildman–Crippen LogP) is 1.89. The number of amidine groups is 3. The Labute approximate surface area is 178 Å². The Bertz CT molecular complexity index is 1500. The first-order valence-corrected chi connectivity index (χ1v) is 8.37. The molecule has 0 aromatic carbocycles. The number of aliphatic imine (C=N–C) groups is 3. The van der Waals surface area contributed by atoms with Gasteiger partial charge in [-0.05, 0) is 0 Å². The monoisotopic (exact) mass is 418 g/mol. The molecule has 14 heteroatoms. The van der Waals surface area contributed by atoms with Gasteiger partial charge < -0.3 is 5.73 Å². The zero-order valence-corrected chi connectivity index (χ0v) is 15.7. The van der Waals surface area contributed by atoms with Crippen molar-refractivity contribution in [1.29, 1.82) is 10.5 Å². The van der Waals surface area contributed by atoms with E-state index in [0.29, 0.717) is 0 Å². The summed E-state index contributed by atoms with van der Waals surface area (Å²) in [5.41, 5.74) is 6.00. The van der Waals surface area contributed by atoms with E-state index in [1.807, 2.05) is 12.1 Å². The lowest BCUT2D eigenvalue weighted by atomic mass is 10.2. The van der Waals surface area contributed by atoms with Gasteiger partial charge in [0.2, 0.25) is 0 Å². The zero-order valence-electron chi connectivity index (χ0n) is 15.7. The molecule has 3 aliphatic heterocycles. The second-order valence-corrected chi connectivity index (χ2v) is 5.70. The third-order valence-electron chi connectivity index (χ3n) is 3.88. The maximum Gasteiger partial charge on any atom is 0.198 e. The average molecular weight is 418 g/mol. The van der Waals surface area contributed by atoms with E-state index >= 15 is 0 Å². The molecule has 14 nitrogen and oxygen atoms in total. The second kappa shape index (κ2) is 7.87. The molecule has 0 saturated heterocycles. The van der Waals surface area contributed by atoms with Gasteiger partial charge in [-0.25, -0.2) is 15.0 Å². The molecule has 4 heterocycles. The summed E-state index contributed by atoms with van der Waals surface area (Å²) in [7, 11) is 0. The lowest BCUT2D eigenvalue weighted by Crippen LogP contribution is -2.01. The molecule has 0 saturated carbocycles. The van der Waals surface area contributed by atoms with E-state index in [1.165, 1.54) is 6.20 Å². The van der Waals surface area contributed by atoms with Crippen LogP contribution in [0.4, 0.5) is 5.82 Å². The molecule has 3 N–H and O–H groups in total. The van der Waals surface area contributed by atoms with Crippen LogP contribution >= 0.6 is 0 Å². The fraction of sp³-hybridized carbons (Fsp3) is 0. The summed E-state index contributed by atoms with van der Waals surface area (Å²) >= 11 is 0. The highest BCUT2D eigenvalue weighted by atomic mass is 15.3. The molecule has 3 aliphatic rings. The SMILES string of the molecule is C#CC1=C(N)N=N/C1=N\C1=C(C#C)C(=N/C2=C(C#N)C(=N/c3n[nH]cc3C#N)/N=N2)/N=N1. The Balaban J connectivity index is 1.73. The number of H-pyrrole nitrogens is 1. The van der Waals surface area contributed by atoms with Gasteiger partial charge in [-0.15, -0.1) is 43.5 Å². The summed E-state index contributed by atoms with van der Waals surface area (Å²) in [5.74, 6) is 4.62. The van der Waals surface area contributed by atoms with E-state index in [-0.39, 0.29) is 63.1 Å². The zero-order chi connectivity index (χ0) is 22.7. The summed E-state index contributed by atoms with van der Waals surface area (Å²) in [4.78, 5) is 12.4. The van der Waals surface area contributed by atoms with E-state index in [9.17, 15) is 5.26 Å². The van der Waals surface area contributed by atoms with Gasteiger partial charge in [-0.3, -0.25) is 5.10 Å². The van der Waals surface area contributed by atoms with Crippen molar-refractivity contribution in [2.24, 2.45) is 51.4 Å². The van der Waals surface area contributed by atoms with Crippen molar-refractivity contribution in [1.82, 2.24) is 10.2 Å². The number of hydrogen-bond donors (Lipinski definition) is 2.